The Bertz CT molecular complexity index is 883. The second kappa shape index (κ2) is 11.5. The van der Waals surface area contributed by atoms with Crippen molar-refractivity contribution in [1.82, 2.24) is 25.9 Å². The fourth-order valence-electron chi connectivity index (χ4n) is 2.89. The van der Waals surface area contributed by atoms with Crippen LogP contribution >= 0.6 is 0 Å². The van der Waals surface area contributed by atoms with Gasteiger partial charge in [-0.15, -0.1) is 0 Å². The van der Waals surface area contributed by atoms with Crippen molar-refractivity contribution in [3.63, 3.8) is 0 Å². The largest absolute Gasteiger partial charge is 0.480 e. The van der Waals surface area contributed by atoms with Gasteiger partial charge in [-0.25, -0.2) is 9.78 Å². The minimum atomic E-state index is -1.15. The number of nitrogens with one attached hydrogen (secondary N) is 4. The number of nitrogens with zero attached hydrogens (tertiary/aromatic N) is 1. The van der Waals surface area contributed by atoms with Crippen molar-refractivity contribution in [2.45, 2.75) is 38.8 Å². The average molecular weight is 429 g/mol. The summed E-state index contributed by atoms with van der Waals surface area (Å²) < 4.78 is 0. The molecule has 2 aromatic rings. The number of aliphatic carboxylic acids is 1. The van der Waals surface area contributed by atoms with E-state index >= 15 is 0 Å². The Kier molecular flexibility index (Phi) is 8.74. The van der Waals surface area contributed by atoms with Gasteiger partial charge in [0.2, 0.25) is 11.8 Å². The summed E-state index contributed by atoms with van der Waals surface area (Å²) in [5.41, 5.74) is 0.990. The number of aromatic amines is 1. The summed E-state index contributed by atoms with van der Waals surface area (Å²) >= 11 is 0. The van der Waals surface area contributed by atoms with Gasteiger partial charge in [0.05, 0.1) is 12.9 Å². The lowest BCUT2D eigenvalue weighted by atomic mass is 10.0. The Balaban J connectivity index is 2.01. The first-order valence-corrected chi connectivity index (χ1v) is 9.89. The van der Waals surface area contributed by atoms with E-state index in [1.807, 2.05) is 13.8 Å². The monoisotopic (exact) mass is 429 g/mol. The van der Waals surface area contributed by atoms with Crippen LogP contribution in [0.4, 0.5) is 0 Å². The summed E-state index contributed by atoms with van der Waals surface area (Å²) in [6.07, 6.45) is 3.27. The van der Waals surface area contributed by atoms with Crippen LogP contribution in [0.3, 0.4) is 0 Å². The van der Waals surface area contributed by atoms with Crippen molar-refractivity contribution in [2.75, 3.05) is 6.54 Å². The highest BCUT2D eigenvalue weighted by molar-refractivity contribution is 5.97. The van der Waals surface area contributed by atoms with Gasteiger partial charge in [0, 0.05) is 23.9 Å². The molecule has 0 saturated heterocycles. The molecule has 10 nitrogen and oxygen atoms in total. The number of H-pyrrole nitrogens is 1. The second-order valence-electron chi connectivity index (χ2n) is 7.48. The number of carbonyl (C=O) groups is 4. The number of carbonyl (C=O) groups excluding carboxylic acids is 3. The summed E-state index contributed by atoms with van der Waals surface area (Å²) in [7, 11) is 0. The van der Waals surface area contributed by atoms with Gasteiger partial charge in [0.15, 0.2) is 0 Å². The zero-order valence-electron chi connectivity index (χ0n) is 17.4. The van der Waals surface area contributed by atoms with Gasteiger partial charge in [0.1, 0.15) is 12.1 Å². The van der Waals surface area contributed by atoms with E-state index in [0.717, 1.165) is 0 Å². The van der Waals surface area contributed by atoms with Crippen LogP contribution < -0.4 is 16.0 Å². The van der Waals surface area contributed by atoms with Gasteiger partial charge >= 0.3 is 5.97 Å². The molecule has 5 N–H and O–H groups in total. The number of benzene rings is 1. The van der Waals surface area contributed by atoms with Crippen LogP contribution in [0.5, 0.6) is 0 Å². The molecule has 0 aliphatic heterocycles. The number of imidazole rings is 1. The minimum absolute atomic E-state index is 0.0512. The first-order chi connectivity index (χ1) is 14.8. The lowest BCUT2D eigenvalue weighted by molar-refractivity contribution is -0.142. The van der Waals surface area contributed by atoms with Crippen molar-refractivity contribution in [2.24, 2.45) is 5.92 Å². The molecule has 3 amide bonds. The number of carboxylic acids is 1. The highest BCUT2D eigenvalue weighted by Gasteiger charge is 2.27. The van der Waals surface area contributed by atoms with Crippen LogP contribution in [-0.4, -0.2) is 57.4 Å². The first kappa shape index (κ1) is 23.6. The van der Waals surface area contributed by atoms with Crippen LogP contribution in [-0.2, 0) is 20.8 Å². The van der Waals surface area contributed by atoms with Gasteiger partial charge in [-0.05, 0) is 24.5 Å². The number of hydrogen-bond donors (Lipinski definition) is 5. The molecule has 166 valence electrons. The average Bonchev–Trinajstić information content (AvgIpc) is 3.24. The molecule has 0 radical (unpaired) electrons. The van der Waals surface area contributed by atoms with E-state index in [4.69, 9.17) is 0 Å². The maximum absolute atomic E-state index is 12.8. The van der Waals surface area contributed by atoms with Crippen LogP contribution in [0.15, 0.2) is 42.9 Å². The number of amides is 3. The molecule has 2 rings (SSSR count). The van der Waals surface area contributed by atoms with Crippen LogP contribution in [0.2, 0.25) is 0 Å². The van der Waals surface area contributed by atoms with Crippen molar-refractivity contribution >= 4 is 23.7 Å². The molecule has 2 atom stereocenters. The van der Waals surface area contributed by atoms with Crippen LogP contribution in [0, 0.1) is 5.92 Å². The molecule has 0 saturated carbocycles. The summed E-state index contributed by atoms with van der Waals surface area (Å²) in [4.78, 5) is 55.4. The van der Waals surface area contributed by atoms with Crippen molar-refractivity contribution in [3.8, 4) is 0 Å². The molecule has 31 heavy (non-hydrogen) atoms. The highest BCUT2D eigenvalue weighted by atomic mass is 16.4. The molecule has 10 heteroatoms. The normalized spacial score (nSPS) is 12.6. The maximum atomic E-state index is 12.8. The van der Waals surface area contributed by atoms with Gasteiger partial charge in [-0.3, -0.25) is 14.4 Å². The lowest BCUT2D eigenvalue weighted by Gasteiger charge is -2.22. The minimum Gasteiger partial charge on any atom is -0.480 e. The van der Waals surface area contributed by atoms with E-state index in [9.17, 15) is 24.3 Å². The SMILES string of the molecule is CC(C)C[C@@H](NC(=O)[C@@H](Cc1cnc[nH]1)NC(=O)CNC(=O)c1ccccc1)C(=O)O. The lowest BCUT2D eigenvalue weighted by Crippen LogP contribution is -2.54. The standard InChI is InChI=1S/C21H27N5O5/c1-13(2)8-17(21(30)31)26-20(29)16(9-15-10-22-12-24-15)25-18(27)11-23-19(28)14-6-4-3-5-7-14/h3-7,10,12-13,16-17H,8-9,11H2,1-2H3,(H,22,24)(H,23,28)(H,25,27)(H,26,29)(H,30,31)/t16-,17-/m1/s1. The predicted molar refractivity (Wildman–Crippen MR) is 112 cm³/mol. The molecule has 1 heterocycles. The third kappa shape index (κ3) is 7.92. The van der Waals surface area contributed by atoms with Gasteiger partial charge in [0.25, 0.3) is 5.91 Å². The Morgan fingerprint density at radius 1 is 1.06 bits per heavy atom. The smallest absolute Gasteiger partial charge is 0.326 e. The second-order valence-corrected chi connectivity index (χ2v) is 7.48. The summed E-state index contributed by atoms with van der Waals surface area (Å²) in [5, 5.41) is 16.9. The quantitative estimate of drug-likeness (QED) is 0.350. The molecule has 0 spiro atoms. The number of rotatable bonds is 11. The summed E-state index contributed by atoms with van der Waals surface area (Å²) in [6.45, 7) is 3.36. The zero-order chi connectivity index (χ0) is 22.8. The van der Waals surface area contributed by atoms with Crippen LogP contribution in [0.25, 0.3) is 0 Å². The number of carboxylic acid groups (broad SMARTS) is 1. The summed E-state index contributed by atoms with van der Waals surface area (Å²) in [6, 6.07) is 6.28. The third-order valence-electron chi connectivity index (χ3n) is 4.40. The Labute approximate surface area is 179 Å². The molecule has 1 aromatic heterocycles. The molecule has 1 aromatic carbocycles. The molecule has 0 aliphatic carbocycles. The van der Waals surface area contributed by atoms with E-state index in [0.29, 0.717) is 11.3 Å². The Morgan fingerprint density at radius 2 is 1.77 bits per heavy atom. The van der Waals surface area contributed by atoms with E-state index in [-0.39, 0.29) is 25.3 Å². The van der Waals surface area contributed by atoms with E-state index in [2.05, 4.69) is 25.9 Å². The van der Waals surface area contributed by atoms with E-state index in [1.165, 1.54) is 12.5 Å². The third-order valence-corrected chi connectivity index (χ3v) is 4.40. The number of hydrogen-bond acceptors (Lipinski definition) is 5. The highest BCUT2D eigenvalue weighted by Crippen LogP contribution is 2.07. The maximum Gasteiger partial charge on any atom is 0.326 e. The molecular formula is C21H27N5O5. The van der Waals surface area contributed by atoms with Crippen molar-refractivity contribution in [1.29, 1.82) is 0 Å². The molecule has 0 unspecified atom stereocenters. The van der Waals surface area contributed by atoms with Crippen molar-refractivity contribution < 1.29 is 24.3 Å². The van der Waals surface area contributed by atoms with Crippen LogP contribution in [0.1, 0.15) is 36.3 Å². The molecular weight excluding hydrogens is 402 g/mol. The summed E-state index contributed by atoms with van der Waals surface area (Å²) in [5.74, 6) is -2.74. The van der Waals surface area contributed by atoms with Crippen molar-refractivity contribution in [3.05, 3.63) is 54.1 Å². The topological polar surface area (TPSA) is 153 Å². The predicted octanol–water partition coefficient (Wildman–Crippen LogP) is 0.483. The number of aromatic nitrogens is 2. The Hall–Kier alpha value is -3.69. The van der Waals surface area contributed by atoms with E-state index in [1.54, 1.807) is 30.3 Å². The van der Waals surface area contributed by atoms with Gasteiger partial charge < -0.3 is 26.0 Å². The zero-order valence-corrected chi connectivity index (χ0v) is 17.4. The Morgan fingerprint density at radius 3 is 2.35 bits per heavy atom. The van der Waals surface area contributed by atoms with Gasteiger partial charge in [-0.2, -0.15) is 0 Å². The first-order valence-electron chi connectivity index (χ1n) is 9.89. The molecule has 0 fully saturated rings. The molecule has 0 bridgehead atoms. The van der Waals surface area contributed by atoms with E-state index < -0.39 is 35.8 Å². The fraction of sp³-hybridized carbons (Fsp3) is 0.381. The molecule has 0 aliphatic rings. The fourth-order valence-corrected chi connectivity index (χ4v) is 2.89. The van der Waals surface area contributed by atoms with Gasteiger partial charge in [-0.1, -0.05) is 32.0 Å².